The maximum absolute atomic E-state index is 9.80. The van der Waals surface area contributed by atoms with Gasteiger partial charge in [-0.25, -0.2) is 0 Å². The Labute approximate surface area is 67.1 Å². The predicted octanol–water partition coefficient (Wildman–Crippen LogP) is 1.58. The molecule has 0 spiro atoms. The summed E-state index contributed by atoms with van der Waals surface area (Å²) in [6, 6.07) is 0. The molecular formula is C10H14O. The van der Waals surface area contributed by atoms with E-state index >= 15 is 0 Å². The van der Waals surface area contributed by atoms with Gasteiger partial charge in [0.15, 0.2) is 0 Å². The van der Waals surface area contributed by atoms with Gasteiger partial charge in [-0.05, 0) is 42.9 Å². The first-order valence-corrected chi connectivity index (χ1v) is 4.72. The first-order chi connectivity index (χ1) is 5.38. The second-order valence-corrected chi connectivity index (χ2v) is 4.30. The number of hydrogen-bond acceptors (Lipinski definition) is 1. The first kappa shape index (κ1) is 6.24. The van der Waals surface area contributed by atoms with Gasteiger partial charge in [-0.2, -0.15) is 0 Å². The lowest BCUT2D eigenvalue weighted by molar-refractivity contribution is 0.119. The summed E-state index contributed by atoms with van der Waals surface area (Å²) in [6.45, 7) is 0. The molecule has 0 aromatic heterocycles. The summed E-state index contributed by atoms with van der Waals surface area (Å²) in [7, 11) is 0. The monoisotopic (exact) mass is 150 g/mol. The standard InChI is InChI=1S/C10H14O/c11-10-8-4-5-9(10)7-3-1-2-6(7)8/h1-2,6-11H,3-5H2/t6-,7+,8-,9+,10+/m0/s1. The van der Waals surface area contributed by atoms with Crippen LogP contribution in [0.15, 0.2) is 12.2 Å². The topological polar surface area (TPSA) is 20.2 Å². The predicted molar refractivity (Wildman–Crippen MR) is 43.0 cm³/mol. The summed E-state index contributed by atoms with van der Waals surface area (Å²) >= 11 is 0. The number of aliphatic hydroxyl groups excluding tert-OH is 1. The van der Waals surface area contributed by atoms with Crippen LogP contribution in [0, 0.1) is 23.7 Å². The molecule has 0 aliphatic heterocycles. The summed E-state index contributed by atoms with van der Waals surface area (Å²) in [4.78, 5) is 0. The average Bonchev–Trinajstić information content (AvgIpc) is 2.61. The van der Waals surface area contributed by atoms with E-state index in [0.717, 1.165) is 11.8 Å². The van der Waals surface area contributed by atoms with E-state index in [1.165, 1.54) is 19.3 Å². The van der Waals surface area contributed by atoms with Gasteiger partial charge in [0.05, 0.1) is 6.10 Å². The molecule has 1 heteroatoms. The molecule has 60 valence electrons. The van der Waals surface area contributed by atoms with Crippen molar-refractivity contribution >= 4 is 0 Å². The highest BCUT2D eigenvalue weighted by Crippen LogP contribution is 2.56. The quantitative estimate of drug-likeness (QED) is 0.520. The molecule has 2 bridgehead atoms. The minimum absolute atomic E-state index is 0.0509. The third-order valence-corrected chi connectivity index (χ3v) is 4.02. The summed E-state index contributed by atoms with van der Waals surface area (Å²) in [6.07, 6.45) is 8.51. The summed E-state index contributed by atoms with van der Waals surface area (Å²) in [5.74, 6) is 2.86. The van der Waals surface area contributed by atoms with E-state index in [1.807, 2.05) is 0 Å². The molecule has 2 saturated carbocycles. The van der Waals surface area contributed by atoms with Gasteiger partial charge in [-0.3, -0.25) is 0 Å². The molecule has 0 heterocycles. The molecular weight excluding hydrogens is 136 g/mol. The largest absolute Gasteiger partial charge is 0.393 e. The number of allylic oxidation sites excluding steroid dienone is 2. The number of rotatable bonds is 0. The van der Waals surface area contributed by atoms with Crippen molar-refractivity contribution in [2.24, 2.45) is 23.7 Å². The minimum atomic E-state index is 0.0509. The number of hydrogen-bond donors (Lipinski definition) is 1. The van der Waals surface area contributed by atoms with Crippen molar-refractivity contribution < 1.29 is 5.11 Å². The summed E-state index contributed by atoms with van der Waals surface area (Å²) in [5.41, 5.74) is 0. The number of aliphatic hydroxyl groups is 1. The van der Waals surface area contributed by atoms with Crippen molar-refractivity contribution in [3.05, 3.63) is 12.2 Å². The summed E-state index contributed by atoms with van der Waals surface area (Å²) in [5, 5.41) is 9.80. The maximum atomic E-state index is 9.80. The molecule has 0 amide bonds. The lowest BCUT2D eigenvalue weighted by atomic mass is 9.82. The lowest BCUT2D eigenvalue weighted by Gasteiger charge is -2.22. The Morgan fingerprint density at radius 3 is 2.73 bits per heavy atom. The van der Waals surface area contributed by atoms with E-state index in [1.54, 1.807) is 0 Å². The second kappa shape index (κ2) is 1.89. The molecule has 0 unspecified atom stereocenters. The lowest BCUT2D eigenvalue weighted by Crippen LogP contribution is -2.16. The van der Waals surface area contributed by atoms with Crippen LogP contribution in [0.25, 0.3) is 0 Å². The molecule has 0 radical (unpaired) electrons. The van der Waals surface area contributed by atoms with E-state index in [0.29, 0.717) is 11.8 Å². The molecule has 11 heavy (non-hydrogen) atoms. The van der Waals surface area contributed by atoms with Crippen LogP contribution in [0.5, 0.6) is 0 Å². The van der Waals surface area contributed by atoms with E-state index in [9.17, 15) is 5.11 Å². The highest BCUT2D eigenvalue weighted by atomic mass is 16.3. The zero-order valence-electron chi connectivity index (χ0n) is 6.61. The second-order valence-electron chi connectivity index (χ2n) is 4.30. The van der Waals surface area contributed by atoms with Gasteiger partial charge in [0.1, 0.15) is 0 Å². The zero-order chi connectivity index (χ0) is 7.42. The van der Waals surface area contributed by atoms with E-state index < -0.39 is 0 Å². The third kappa shape index (κ3) is 0.610. The van der Waals surface area contributed by atoms with E-state index in [-0.39, 0.29) is 6.10 Å². The smallest absolute Gasteiger partial charge is 0.0605 e. The molecule has 2 fully saturated rings. The fourth-order valence-electron chi connectivity index (χ4n) is 3.54. The molecule has 0 saturated heterocycles. The van der Waals surface area contributed by atoms with Crippen LogP contribution < -0.4 is 0 Å². The average molecular weight is 150 g/mol. The summed E-state index contributed by atoms with van der Waals surface area (Å²) < 4.78 is 0. The molecule has 1 N–H and O–H groups in total. The molecule has 0 aromatic rings. The van der Waals surface area contributed by atoms with Crippen molar-refractivity contribution in [1.29, 1.82) is 0 Å². The molecule has 0 aromatic carbocycles. The molecule has 1 nitrogen and oxygen atoms in total. The van der Waals surface area contributed by atoms with Crippen molar-refractivity contribution in [3.8, 4) is 0 Å². The van der Waals surface area contributed by atoms with Gasteiger partial charge in [0.2, 0.25) is 0 Å². The Morgan fingerprint density at radius 2 is 1.91 bits per heavy atom. The molecule has 3 aliphatic rings. The van der Waals surface area contributed by atoms with Gasteiger partial charge in [-0.15, -0.1) is 0 Å². The third-order valence-electron chi connectivity index (χ3n) is 4.02. The van der Waals surface area contributed by atoms with Crippen molar-refractivity contribution in [2.75, 3.05) is 0 Å². The first-order valence-electron chi connectivity index (χ1n) is 4.72. The van der Waals surface area contributed by atoms with Crippen LogP contribution in [0.1, 0.15) is 19.3 Å². The molecule has 3 rings (SSSR count). The van der Waals surface area contributed by atoms with Gasteiger partial charge in [-0.1, -0.05) is 12.2 Å². The fraction of sp³-hybridized carbons (Fsp3) is 0.800. The highest BCUT2D eigenvalue weighted by molar-refractivity contribution is 5.15. The Morgan fingerprint density at radius 1 is 1.09 bits per heavy atom. The Bertz CT molecular complexity index is 209. The Kier molecular flexibility index (Phi) is 1.07. The normalized spacial score (nSPS) is 58.8. The fourth-order valence-corrected chi connectivity index (χ4v) is 3.54. The van der Waals surface area contributed by atoms with Gasteiger partial charge < -0.3 is 5.11 Å². The SMILES string of the molecule is O[C@@H]1[C@H]2CC[C@@H]1[C@@H]1CC=C[C@H]21. The van der Waals surface area contributed by atoms with E-state index in [4.69, 9.17) is 0 Å². The molecule has 5 atom stereocenters. The van der Waals surface area contributed by atoms with Gasteiger partial charge in [0.25, 0.3) is 0 Å². The number of fused-ring (bicyclic) bond motifs is 5. The van der Waals surface area contributed by atoms with Crippen LogP contribution in [0.2, 0.25) is 0 Å². The maximum Gasteiger partial charge on any atom is 0.0605 e. The van der Waals surface area contributed by atoms with E-state index in [2.05, 4.69) is 12.2 Å². The van der Waals surface area contributed by atoms with Crippen LogP contribution in [-0.4, -0.2) is 11.2 Å². The van der Waals surface area contributed by atoms with Gasteiger partial charge in [0, 0.05) is 0 Å². The van der Waals surface area contributed by atoms with Crippen molar-refractivity contribution in [2.45, 2.75) is 25.4 Å². The van der Waals surface area contributed by atoms with Crippen LogP contribution in [0.4, 0.5) is 0 Å². The van der Waals surface area contributed by atoms with Crippen LogP contribution in [-0.2, 0) is 0 Å². The molecule has 3 aliphatic carbocycles. The zero-order valence-corrected chi connectivity index (χ0v) is 6.61. The van der Waals surface area contributed by atoms with Crippen LogP contribution >= 0.6 is 0 Å². The minimum Gasteiger partial charge on any atom is -0.393 e. The van der Waals surface area contributed by atoms with Crippen LogP contribution in [0.3, 0.4) is 0 Å². The van der Waals surface area contributed by atoms with Crippen molar-refractivity contribution in [1.82, 2.24) is 0 Å². The van der Waals surface area contributed by atoms with Gasteiger partial charge >= 0.3 is 0 Å². The Hall–Kier alpha value is -0.300. The highest BCUT2D eigenvalue weighted by Gasteiger charge is 2.53. The van der Waals surface area contributed by atoms with Crippen molar-refractivity contribution in [3.63, 3.8) is 0 Å². The Balaban J connectivity index is 1.98.